The van der Waals surface area contributed by atoms with Gasteiger partial charge in [-0.25, -0.2) is 4.98 Å². The van der Waals surface area contributed by atoms with Crippen molar-refractivity contribution in [3.05, 3.63) is 71.8 Å². The monoisotopic (exact) mass is 358 g/mol. The first-order valence-corrected chi connectivity index (χ1v) is 9.52. The topological polar surface area (TPSA) is 41.1 Å². The van der Waals surface area contributed by atoms with E-state index >= 15 is 0 Å². The van der Waals surface area contributed by atoms with Crippen molar-refractivity contribution in [1.29, 1.82) is 0 Å². The molecule has 27 heavy (non-hydrogen) atoms. The Labute approximate surface area is 161 Å². The Bertz CT molecular complexity index is 929. The van der Waals surface area contributed by atoms with Crippen LogP contribution in [0, 0.1) is 0 Å². The molecule has 1 aliphatic rings. The van der Waals surface area contributed by atoms with Gasteiger partial charge in [0.15, 0.2) is 0 Å². The zero-order valence-corrected chi connectivity index (χ0v) is 16.2. The zero-order chi connectivity index (χ0) is 18.9. The van der Waals surface area contributed by atoms with Crippen molar-refractivity contribution >= 4 is 11.8 Å². The standard InChI is InChI=1S/C23H26N4/c1-23(2,3)26-21-15-20(18-10-5-4-6-11-18)24-22(25-21)27-14-13-17-9-7-8-12-19(17)16-27/h4-12,15H,13-14,16H2,1-3H3,(H,24,25,26). The number of hydrogen-bond acceptors (Lipinski definition) is 4. The summed E-state index contributed by atoms with van der Waals surface area (Å²) in [5.74, 6) is 1.66. The van der Waals surface area contributed by atoms with Crippen LogP contribution >= 0.6 is 0 Å². The van der Waals surface area contributed by atoms with E-state index in [9.17, 15) is 0 Å². The third-order valence-corrected chi connectivity index (χ3v) is 4.70. The van der Waals surface area contributed by atoms with Gasteiger partial charge in [-0.05, 0) is 38.3 Å². The van der Waals surface area contributed by atoms with Gasteiger partial charge in [-0.15, -0.1) is 0 Å². The van der Waals surface area contributed by atoms with Crippen LogP contribution in [-0.4, -0.2) is 22.1 Å². The minimum Gasteiger partial charge on any atom is -0.365 e. The third-order valence-electron chi connectivity index (χ3n) is 4.70. The maximum atomic E-state index is 4.91. The van der Waals surface area contributed by atoms with Gasteiger partial charge in [0.1, 0.15) is 5.82 Å². The summed E-state index contributed by atoms with van der Waals surface area (Å²) in [5, 5.41) is 3.51. The molecule has 0 bridgehead atoms. The van der Waals surface area contributed by atoms with Crippen LogP contribution in [0.2, 0.25) is 0 Å². The number of hydrogen-bond donors (Lipinski definition) is 1. The summed E-state index contributed by atoms with van der Waals surface area (Å²) in [6.07, 6.45) is 1.02. The molecule has 3 aromatic rings. The van der Waals surface area contributed by atoms with Crippen molar-refractivity contribution in [3.8, 4) is 11.3 Å². The highest BCUT2D eigenvalue weighted by Crippen LogP contribution is 2.27. The minimum absolute atomic E-state index is 0.0614. The van der Waals surface area contributed by atoms with Crippen LogP contribution < -0.4 is 10.2 Å². The van der Waals surface area contributed by atoms with Gasteiger partial charge in [-0.1, -0.05) is 54.6 Å². The number of rotatable bonds is 3. The van der Waals surface area contributed by atoms with E-state index in [2.05, 4.69) is 67.4 Å². The van der Waals surface area contributed by atoms with Gasteiger partial charge in [0.2, 0.25) is 5.95 Å². The molecule has 4 heteroatoms. The Morgan fingerprint density at radius 2 is 1.59 bits per heavy atom. The Morgan fingerprint density at radius 1 is 0.889 bits per heavy atom. The molecule has 0 radical (unpaired) electrons. The van der Waals surface area contributed by atoms with Crippen LogP contribution in [0.25, 0.3) is 11.3 Å². The number of aromatic nitrogens is 2. The number of benzene rings is 2. The Balaban J connectivity index is 1.72. The van der Waals surface area contributed by atoms with Crippen molar-refractivity contribution in [3.63, 3.8) is 0 Å². The number of fused-ring (bicyclic) bond motifs is 1. The van der Waals surface area contributed by atoms with E-state index in [-0.39, 0.29) is 5.54 Å². The highest BCUT2D eigenvalue weighted by Gasteiger charge is 2.20. The molecule has 2 heterocycles. The summed E-state index contributed by atoms with van der Waals surface area (Å²) in [6.45, 7) is 8.23. The van der Waals surface area contributed by atoms with Gasteiger partial charge in [0.05, 0.1) is 5.69 Å². The lowest BCUT2D eigenvalue weighted by Gasteiger charge is -2.30. The lowest BCUT2D eigenvalue weighted by atomic mass is 10.0. The minimum atomic E-state index is -0.0614. The van der Waals surface area contributed by atoms with Gasteiger partial charge in [0.25, 0.3) is 0 Å². The van der Waals surface area contributed by atoms with Gasteiger partial charge >= 0.3 is 0 Å². The smallest absolute Gasteiger partial charge is 0.228 e. The molecule has 0 amide bonds. The molecule has 1 N–H and O–H groups in total. The second-order valence-electron chi connectivity index (χ2n) is 8.12. The zero-order valence-electron chi connectivity index (χ0n) is 16.2. The molecule has 0 aliphatic carbocycles. The summed E-state index contributed by atoms with van der Waals surface area (Å²) in [7, 11) is 0. The second-order valence-corrected chi connectivity index (χ2v) is 8.12. The van der Waals surface area contributed by atoms with E-state index in [1.54, 1.807) is 0 Å². The van der Waals surface area contributed by atoms with E-state index in [1.807, 2.05) is 24.3 Å². The molecule has 4 rings (SSSR count). The van der Waals surface area contributed by atoms with E-state index in [0.29, 0.717) is 0 Å². The van der Waals surface area contributed by atoms with Gasteiger partial charge in [-0.3, -0.25) is 0 Å². The first-order valence-electron chi connectivity index (χ1n) is 9.52. The fourth-order valence-corrected chi connectivity index (χ4v) is 3.45. The average molecular weight is 358 g/mol. The van der Waals surface area contributed by atoms with Crippen molar-refractivity contribution in [2.24, 2.45) is 0 Å². The predicted octanol–water partition coefficient (Wildman–Crippen LogP) is 4.92. The Kier molecular flexibility index (Phi) is 4.56. The van der Waals surface area contributed by atoms with E-state index in [4.69, 9.17) is 9.97 Å². The highest BCUT2D eigenvalue weighted by atomic mass is 15.3. The molecule has 0 saturated carbocycles. The molecular formula is C23H26N4. The molecule has 0 fully saturated rings. The average Bonchev–Trinajstić information content (AvgIpc) is 2.67. The van der Waals surface area contributed by atoms with E-state index in [0.717, 1.165) is 42.5 Å². The predicted molar refractivity (Wildman–Crippen MR) is 112 cm³/mol. The molecular weight excluding hydrogens is 332 g/mol. The van der Waals surface area contributed by atoms with Gasteiger partial charge in [0, 0.05) is 30.3 Å². The Hall–Kier alpha value is -2.88. The Morgan fingerprint density at radius 3 is 2.33 bits per heavy atom. The van der Waals surface area contributed by atoms with E-state index in [1.165, 1.54) is 11.1 Å². The van der Waals surface area contributed by atoms with Gasteiger partial charge < -0.3 is 10.2 Å². The van der Waals surface area contributed by atoms with Crippen LogP contribution in [-0.2, 0) is 13.0 Å². The normalized spacial score (nSPS) is 14.0. The molecule has 0 unspecified atom stereocenters. The summed E-state index contributed by atoms with van der Waals surface area (Å²) in [4.78, 5) is 12.0. The summed E-state index contributed by atoms with van der Waals surface area (Å²) in [5.41, 5.74) is 4.79. The van der Waals surface area contributed by atoms with Crippen LogP contribution in [0.3, 0.4) is 0 Å². The van der Waals surface area contributed by atoms with Crippen molar-refractivity contribution < 1.29 is 0 Å². The SMILES string of the molecule is CC(C)(C)Nc1cc(-c2ccccc2)nc(N2CCc3ccccc3C2)n1. The lowest BCUT2D eigenvalue weighted by Crippen LogP contribution is -2.32. The molecule has 138 valence electrons. The van der Waals surface area contributed by atoms with Gasteiger partial charge in [-0.2, -0.15) is 4.98 Å². The molecule has 1 aromatic heterocycles. The lowest BCUT2D eigenvalue weighted by molar-refractivity contribution is 0.628. The van der Waals surface area contributed by atoms with Crippen molar-refractivity contribution in [1.82, 2.24) is 9.97 Å². The summed E-state index contributed by atoms with van der Waals surface area (Å²) in [6, 6.07) is 21.0. The first-order chi connectivity index (χ1) is 13.0. The number of anilines is 2. The number of nitrogens with zero attached hydrogens (tertiary/aromatic N) is 3. The number of nitrogens with one attached hydrogen (secondary N) is 1. The fraction of sp³-hybridized carbons (Fsp3) is 0.304. The van der Waals surface area contributed by atoms with Crippen molar-refractivity contribution in [2.75, 3.05) is 16.8 Å². The summed E-state index contributed by atoms with van der Waals surface area (Å²) >= 11 is 0. The summed E-state index contributed by atoms with van der Waals surface area (Å²) < 4.78 is 0. The molecule has 1 aliphatic heterocycles. The largest absolute Gasteiger partial charge is 0.365 e. The van der Waals surface area contributed by atoms with Crippen LogP contribution in [0.1, 0.15) is 31.9 Å². The van der Waals surface area contributed by atoms with Crippen LogP contribution in [0.5, 0.6) is 0 Å². The second kappa shape index (κ2) is 7.03. The first kappa shape index (κ1) is 17.5. The van der Waals surface area contributed by atoms with Crippen LogP contribution in [0.15, 0.2) is 60.7 Å². The quantitative estimate of drug-likeness (QED) is 0.722. The molecule has 0 saturated heterocycles. The maximum Gasteiger partial charge on any atom is 0.228 e. The highest BCUT2D eigenvalue weighted by molar-refractivity contribution is 5.65. The maximum absolute atomic E-state index is 4.91. The molecule has 2 aromatic carbocycles. The van der Waals surface area contributed by atoms with Crippen molar-refractivity contribution in [2.45, 2.75) is 39.3 Å². The molecule has 0 atom stereocenters. The van der Waals surface area contributed by atoms with E-state index < -0.39 is 0 Å². The molecule has 4 nitrogen and oxygen atoms in total. The third kappa shape index (κ3) is 4.11. The van der Waals surface area contributed by atoms with Crippen LogP contribution in [0.4, 0.5) is 11.8 Å². The molecule has 0 spiro atoms. The fourth-order valence-electron chi connectivity index (χ4n) is 3.45.